The zero-order chi connectivity index (χ0) is 18.5. The monoisotopic (exact) mass is 474 g/mol. The number of nitrogens with zero attached hydrogens (tertiary/aromatic N) is 3. The number of carbonyl (C=O) groups is 1. The van der Waals surface area contributed by atoms with Crippen LogP contribution in [0.2, 0.25) is 0 Å². The Bertz CT molecular complexity index is 948. The number of hydrogen-bond acceptors (Lipinski definition) is 3. The first-order valence-corrected chi connectivity index (χ1v) is 9.48. The van der Waals surface area contributed by atoms with E-state index in [2.05, 4.69) is 47.5 Å². The zero-order valence-electron chi connectivity index (χ0n) is 14.0. The maximum atomic E-state index is 12.3. The second-order valence-corrected chi connectivity index (χ2v) is 7.48. The molecule has 0 spiro atoms. The van der Waals surface area contributed by atoms with Gasteiger partial charge in [-0.25, -0.2) is 5.43 Å². The predicted molar refractivity (Wildman–Crippen MR) is 109 cm³/mol. The molecule has 0 aliphatic carbocycles. The van der Waals surface area contributed by atoms with Gasteiger partial charge in [0.1, 0.15) is 0 Å². The highest BCUT2D eigenvalue weighted by Gasteiger charge is 2.14. The average Bonchev–Trinajstić information content (AvgIpc) is 2.99. The van der Waals surface area contributed by atoms with E-state index in [1.54, 1.807) is 17.1 Å². The van der Waals surface area contributed by atoms with E-state index < -0.39 is 0 Å². The third kappa shape index (κ3) is 4.68. The summed E-state index contributed by atoms with van der Waals surface area (Å²) < 4.78 is 3.36. The summed E-state index contributed by atoms with van der Waals surface area (Å²) in [6.07, 6.45) is 3.40. The number of aryl methyl sites for hydroxylation is 1. The van der Waals surface area contributed by atoms with Gasteiger partial charge in [-0.1, -0.05) is 52.3 Å². The molecule has 5 nitrogen and oxygen atoms in total. The standard InChI is InChI=1S/C19H16Br2N4O/c1-13-4-2-3-5-15(13)10-22-23-19(26)18-17(21)12-25(24-18)11-14-6-8-16(20)9-7-14/h2-10,12H,11H2,1H3,(H,23,26)/b22-10-. The van der Waals surface area contributed by atoms with Crippen LogP contribution in [0, 0.1) is 6.92 Å². The van der Waals surface area contributed by atoms with Gasteiger partial charge in [-0.2, -0.15) is 10.2 Å². The molecule has 1 amide bonds. The molecule has 0 saturated heterocycles. The molecule has 0 bridgehead atoms. The Balaban J connectivity index is 1.67. The first-order chi connectivity index (χ1) is 12.5. The van der Waals surface area contributed by atoms with Crippen molar-refractivity contribution in [3.8, 4) is 0 Å². The van der Waals surface area contributed by atoms with Crippen molar-refractivity contribution in [1.82, 2.24) is 15.2 Å². The van der Waals surface area contributed by atoms with E-state index >= 15 is 0 Å². The number of halogens is 2. The van der Waals surface area contributed by atoms with Crippen molar-refractivity contribution in [3.63, 3.8) is 0 Å². The van der Waals surface area contributed by atoms with Crippen LogP contribution in [-0.2, 0) is 6.54 Å². The Kier molecular flexibility index (Phi) is 6.00. The molecule has 0 radical (unpaired) electrons. The molecular weight excluding hydrogens is 460 g/mol. The molecule has 0 unspecified atom stereocenters. The number of aromatic nitrogens is 2. The summed E-state index contributed by atoms with van der Waals surface area (Å²) in [6.45, 7) is 2.56. The summed E-state index contributed by atoms with van der Waals surface area (Å²) in [4.78, 5) is 12.3. The molecule has 1 N–H and O–H groups in total. The van der Waals surface area contributed by atoms with E-state index in [4.69, 9.17) is 0 Å². The van der Waals surface area contributed by atoms with Crippen LogP contribution in [-0.4, -0.2) is 21.9 Å². The summed E-state index contributed by atoms with van der Waals surface area (Å²) in [6, 6.07) is 15.8. The lowest BCUT2D eigenvalue weighted by Gasteiger charge is -2.02. The van der Waals surface area contributed by atoms with Crippen molar-refractivity contribution >= 4 is 44.0 Å². The molecule has 1 heterocycles. The molecular formula is C19H16Br2N4O. The van der Waals surface area contributed by atoms with E-state index in [1.165, 1.54) is 0 Å². The van der Waals surface area contributed by atoms with Crippen LogP contribution >= 0.6 is 31.9 Å². The van der Waals surface area contributed by atoms with Gasteiger partial charge in [0.2, 0.25) is 0 Å². The molecule has 0 saturated carbocycles. The number of nitrogens with one attached hydrogen (secondary N) is 1. The molecule has 3 aromatic rings. The third-order valence-corrected chi connectivity index (χ3v) is 4.86. The maximum absolute atomic E-state index is 12.3. The Morgan fingerprint density at radius 3 is 2.65 bits per heavy atom. The predicted octanol–water partition coefficient (Wildman–Crippen LogP) is 4.53. The third-order valence-electron chi connectivity index (χ3n) is 3.75. The summed E-state index contributed by atoms with van der Waals surface area (Å²) in [5.74, 6) is -0.365. The van der Waals surface area contributed by atoms with Gasteiger partial charge in [0.05, 0.1) is 17.2 Å². The van der Waals surface area contributed by atoms with E-state index in [0.29, 0.717) is 16.7 Å². The maximum Gasteiger partial charge on any atom is 0.293 e. The van der Waals surface area contributed by atoms with Crippen LogP contribution in [0.15, 0.2) is 68.8 Å². The minimum absolute atomic E-state index is 0.295. The lowest BCUT2D eigenvalue weighted by atomic mass is 10.1. The number of amides is 1. The van der Waals surface area contributed by atoms with Crippen LogP contribution in [0.4, 0.5) is 0 Å². The SMILES string of the molecule is Cc1ccccc1/C=N\NC(=O)c1nn(Cc2ccc(Br)cc2)cc1Br. The molecule has 0 atom stereocenters. The largest absolute Gasteiger partial charge is 0.293 e. The molecule has 0 aliphatic rings. The molecule has 7 heteroatoms. The summed E-state index contributed by atoms with van der Waals surface area (Å²) in [5, 5.41) is 8.37. The van der Waals surface area contributed by atoms with Crippen LogP contribution < -0.4 is 5.43 Å². The van der Waals surface area contributed by atoms with Gasteiger partial charge in [-0.05, 0) is 51.7 Å². The minimum atomic E-state index is -0.365. The Labute approximate surface area is 168 Å². The number of rotatable bonds is 5. The summed E-state index contributed by atoms with van der Waals surface area (Å²) in [5.41, 5.74) is 5.94. The second-order valence-electron chi connectivity index (χ2n) is 5.71. The number of carbonyl (C=O) groups excluding carboxylic acids is 1. The Hall–Kier alpha value is -2.25. The van der Waals surface area contributed by atoms with Gasteiger partial charge in [-0.15, -0.1) is 0 Å². The van der Waals surface area contributed by atoms with Crippen molar-refractivity contribution in [2.75, 3.05) is 0 Å². The van der Waals surface area contributed by atoms with Crippen LogP contribution in [0.1, 0.15) is 27.2 Å². The second kappa shape index (κ2) is 8.42. The highest BCUT2D eigenvalue weighted by molar-refractivity contribution is 9.10. The molecule has 132 valence electrons. The lowest BCUT2D eigenvalue weighted by molar-refractivity contribution is 0.0948. The smallest absolute Gasteiger partial charge is 0.266 e. The lowest BCUT2D eigenvalue weighted by Crippen LogP contribution is -2.19. The van der Waals surface area contributed by atoms with E-state index in [9.17, 15) is 4.79 Å². The molecule has 0 aliphatic heterocycles. The fraction of sp³-hybridized carbons (Fsp3) is 0.105. The van der Waals surface area contributed by atoms with Gasteiger partial charge in [-0.3, -0.25) is 9.48 Å². The van der Waals surface area contributed by atoms with Gasteiger partial charge < -0.3 is 0 Å². The molecule has 2 aromatic carbocycles. The molecule has 0 fully saturated rings. The van der Waals surface area contributed by atoms with Crippen molar-refractivity contribution in [3.05, 3.63) is 86.1 Å². The van der Waals surface area contributed by atoms with E-state index in [1.807, 2.05) is 55.5 Å². The quantitative estimate of drug-likeness (QED) is 0.435. The van der Waals surface area contributed by atoms with Crippen LogP contribution in [0.25, 0.3) is 0 Å². The van der Waals surface area contributed by atoms with E-state index in [0.717, 1.165) is 21.2 Å². The van der Waals surface area contributed by atoms with Crippen molar-refractivity contribution in [2.24, 2.45) is 5.10 Å². The Morgan fingerprint density at radius 1 is 1.19 bits per heavy atom. The van der Waals surface area contributed by atoms with Crippen molar-refractivity contribution < 1.29 is 4.79 Å². The molecule has 3 rings (SSSR count). The minimum Gasteiger partial charge on any atom is -0.266 e. The van der Waals surface area contributed by atoms with Gasteiger partial charge in [0, 0.05) is 10.7 Å². The van der Waals surface area contributed by atoms with Crippen LogP contribution in [0.3, 0.4) is 0 Å². The summed E-state index contributed by atoms with van der Waals surface area (Å²) >= 11 is 6.80. The van der Waals surface area contributed by atoms with Gasteiger partial charge in [0.25, 0.3) is 5.91 Å². The number of hydrogen-bond donors (Lipinski definition) is 1. The normalized spacial score (nSPS) is 11.0. The fourth-order valence-corrected chi connectivity index (χ4v) is 3.11. The van der Waals surface area contributed by atoms with Gasteiger partial charge >= 0.3 is 0 Å². The first-order valence-electron chi connectivity index (χ1n) is 7.89. The number of hydrazone groups is 1. The molecule has 1 aromatic heterocycles. The first kappa shape index (κ1) is 18.5. The Morgan fingerprint density at radius 2 is 1.92 bits per heavy atom. The van der Waals surface area contributed by atoms with Crippen molar-refractivity contribution in [2.45, 2.75) is 13.5 Å². The highest BCUT2D eigenvalue weighted by Crippen LogP contribution is 2.17. The van der Waals surface area contributed by atoms with E-state index in [-0.39, 0.29) is 5.91 Å². The van der Waals surface area contributed by atoms with Crippen molar-refractivity contribution in [1.29, 1.82) is 0 Å². The van der Waals surface area contributed by atoms with Crippen LogP contribution in [0.5, 0.6) is 0 Å². The number of benzene rings is 2. The molecule has 26 heavy (non-hydrogen) atoms. The zero-order valence-corrected chi connectivity index (χ0v) is 17.2. The fourth-order valence-electron chi connectivity index (χ4n) is 2.35. The topological polar surface area (TPSA) is 59.3 Å². The highest BCUT2D eigenvalue weighted by atomic mass is 79.9. The van der Waals surface area contributed by atoms with Gasteiger partial charge in [0.15, 0.2) is 5.69 Å². The summed E-state index contributed by atoms with van der Waals surface area (Å²) in [7, 11) is 0. The average molecular weight is 476 g/mol.